The summed E-state index contributed by atoms with van der Waals surface area (Å²) in [5, 5.41) is 0. The molecule has 17 heavy (non-hydrogen) atoms. The molecule has 0 fully saturated rings. The first kappa shape index (κ1) is 12.4. The van der Waals surface area contributed by atoms with Crippen molar-refractivity contribution >= 4 is 5.78 Å². The molecule has 2 rings (SSSR count). The predicted molar refractivity (Wildman–Crippen MR) is 68.6 cm³/mol. The standard InChI is InChI=1S/C15H22O2/c1-4-11-9-12(8-10(2)3)17-14-7-5-6-13(16)15(11)14/h11-12H,2,4-9H2,1,3H3. The SMILES string of the molecule is C=C(C)CC1CC(CC)C2=C(CCCC2=O)O1. The van der Waals surface area contributed by atoms with Gasteiger partial charge in [0.1, 0.15) is 11.9 Å². The smallest absolute Gasteiger partial charge is 0.162 e. The van der Waals surface area contributed by atoms with Crippen LogP contribution in [0.2, 0.25) is 0 Å². The Labute approximate surface area is 104 Å². The first-order valence-electron chi connectivity index (χ1n) is 6.69. The molecule has 94 valence electrons. The monoisotopic (exact) mass is 234 g/mol. The van der Waals surface area contributed by atoms with Crippen LogP contribution in [0.15, 0.2) is 23.5 Å². The van der Waals surface area contributed by atoms with E-state index in [4.69, 9.17) is 4.74 Å². The van der Waals surface area contributed by atoms with E-state index in [9.17, 15) is 4.79 Å². The highest BCUT2D eigenvalue weighted by Crippen LogP contribution is 2.39. The van der Waals surface area contributed by atoms with Crippen molar-refractivity contribution in [1.82, 2.24) is 0 Å². The van der Waals surface area contributed by atoms with Crippen LogP contribution in [0.25, 0.3) is 0 Å². The van der Waals surface area contributed by atoms with Crippen molar-refractivity contribution in [2.45, 2.75) is 58.5 Å². The van der Waals surface area contributed by atoms with E-state index in [2.05, 4.69) is 13.5 Å². The molecule has 0 N–H and O–H groups in total. The zero-order valence-electron chi connectivity index (χ0n) is 10.9. The Morgan fingerprint density at radius 2 is 2.24 bits per heavy atom. The van der Waals surface area contributed by atoms with Crippen molar-refractivity contribution in [2.24, 2.45) is 5.92 Å². The van der Waals surface area contributed by atoms with Gasteiger partial charge in [-0.25, -0.2) is 0 Å². The molecule has 1 aliphatic heterocycles. The maximum atomic E-state index is 12.0. The molecule has 0 aromatic carbocycles. The van der Waals surface area contributed by atoms with Gasteiger partial charge in [0.05, 0.1) is 0 Å². The zero-order valence-corrected chi connectivity index (χ0v) is 10.9. The van der Waals surface area contributed by atoms with Gasteiger partial charge in [-0.1, -0.05) is 12.5 Å². The van der Waals surface area contributed by atoms with Gasteiger partial charge in [-0.15, -0.1) is 6.58 Å². The number of ether oxygens (including phenoxy) is 1. The van der Waals surface area contributed by atoms with Crippen LogP contribution in [0.3, 0.4) is 0 Å². The number of hydrogen-bond acceptors (Lipinski definition) is 2. The quantitative estimate of drug-likeness (QED) is 0.695. The molecular weight excluding hydrogens is 212 g/mol. The van der Waals surface area contributed by atoms with Gasteiger partial charge in [-0.3, -0.25) is 4.79 Å². The summed E-state index contributed by atoms with van der Waals surface area (Å²) in [4.78, 5) is 12.0. The molecular formula is C15H22O2. The highest BCUT2D eigenvalue weighted by atomic mass is 16.5. The van der Waals surface area contributed by atoms with E-state index in [0.717, 1.165) is 49.0 Å². The van der Waals surface area contributed by atoms with Crippen molar-refractivity contribution in [2.75, 3.05) is 0 Å². The highest BCUT2D eigenvalue weighted by Gasteiger charge is 2.34. The van der Waals surface area contributed by atoms with Crippen LogP contribution >= 0.6 is 0 Å². The van der Waals surface area contributed by atoms with Crippen LogP contribution in [-0.2, 0) is 9.53 Å². The van der Waals surface area contributed by atoms with Gasteiger partial charge in [0, 0.05) is 24.8 Å². The molecule has 1 aliphatic carbocycles. The molecule has 0 bridgehead atoms. The van der Waals surface area contributed by atoms with Crippen LogP contribution < -0.4 is 0 Å². The Bertz CT molecular complexity index is 365. The third-order valence-corrected chi connectivity index (χ3v) is 3.74. The Kier molecular flexibility index (Phi) is 3.70. The van der Waals surface area contributed by atoms with Gasteiger partial charge in [0.25, 0.3) is 0 Å². The zero-order chi connectivity index (χ0) is 12.4. The number of allylic oxidation sites excluding steroid dienone is 2. The summed E-state index contributed by atoms with van der Waals surface area (Å²) in [7, 11) is 0. The minimum atomic E-state index is 0.238. The Morgan fingerprint density at radius 3 is 2.88 bits per heavy atom. The summed E-state index contributed by atoms with van der Waals surface area (Å²) in [6.45, 7) is 8.16. The summed E-state index contributed by atoms with van der Waals surface area (Å²) in [6, 6.07) is 0. The Hall–Kier alpha value is -1.05. The van der Waals surface area contributed by atoms with E-state index < -0.39 is 0 Å². The Balaban J connectivity index is 2.20. The molecule has 0 saturated heterocycles. The van der Waals surface area contributed by atoms with Crippen LogP contribution in [0, 0.1) is 5.92 Å². The van der Waals surface area contributed by atoms with Crippen molar-refractivity contribution < 1.29 is 9.53 Å². The summed E-state index contributed by atoms with van der Waals surface area (Å²) < 4.78 is 6.00. The van der Waals surface area contributed by atoms with Gasteiger partial charge in [-0.2, -0.15) is 0 Å². The minimum Gasteiger partial charge on any atom is -0.494 e. The van der Waals surface area contributed by atoms with Crippen molar-refractivity contribution in [3.63, 3.8) is 0 Å². The van der Waals surface area contributed by atoms with Crippen molar-refractivity contribution in [3.8, 4) is 0 Å². The van der Waals surface area contributed by atoms with E-state index >= 15 is 0 Å². The van der Waals surface area contributed by atoms with Crippen LogP contribution in [0.4, 0.5) is 0 Å². The van der Waals surface area contributed by atoms with E-state index in [1.807, 2.05) is 6.92 Å². The van der Waals surface area contributed by atoms with E-state index in [-0.39, 0.29) is 6.10 Å². The van der Waals surface area contributed by atoms with E-state index in [0.29, 0.717) is 18.1 Å². The molecule has 2 atom stereocenters. The molecule has 0 aromatic rings. The fourth-order valence-corrected chi connectivity index (χ4v) is 2.98. The average molecular weight is 234 g/mol. The minimum absolute atomic E-state index is 0.238. The number of carbonyl (C=O) groups is 1. The lowest BCUT2D eigenvalue weighted by atomic mass is 9.79. The van der Waals surface area contributed by atoms with Gasteiger partial charge in [-0.05, 0) is 32.1 Å². The molecule has 0 saturated carbocycles. The largest absolute Gasteiger partial charge is 0.494 e. The predicted octanol–water partition coefficient (Wildman–Crippen LogP) is 3.77. The topological polar surface area (TPSA) is 26.3 Å². The summed E-state index contributed by atoms with van der Waals surface area (Å²) in [5.74, 6) is 1.73. The molecule has 0 amide bonds. The molecule has 0 aromatic heterocycles. The highest BCUT2D eigenvalue weighted by molar-refractivity contribution is 5.97. The van der Waals surface area contributed by atoms with Crippen molar-refractivity contribution in [3.05, 3.63) is 23.5 Å². The molecule has 0 radical (unpaired) electrons. The summed E-state index contributed by atoms with van der Waals surface area (Å²) >= 11 is 0. The van der Waals surface area contributed by atoms with E-state index in [1.165, 1.54) is 0 Å². The normalized spacial score (nSPS) is 28.7. The second kappa shape index (κ2) is 5.07. The summed E-state index contributed by atoms with van der Waals surface area (Å²) in [6.07, 6.45) is 5.79. The fourth-order valence-electron chi connectivity index (χ4n) is 2.98. The lowest BCUT2D eigenvalue weighted by Crippen LogP contribution is -2.31. The summed E-state index contributed by atoms with van der Waals surface area (Å²) in [5.41, 5.74) is 2.17. The van der Waals surface area contributed by atoms with E-state index in [1.54, 1.807) is 0 Å². The van der Waals surface area contributed by atoms with Gasteiger partial charge in [0.2, 0.25) is 0 Å². The lowest BCUT2D eigenvalue weighted by Gasteiger charge is -2.35. The number of hydrogen-bond donors (Lipinski definition) is 0. The van der Waals surface area contributed by atoms with Gasteiger partial charge >= 0.3 is 0 Å². The van der Waals surface area contributed by atoms with Crippen molar-refractivity contribution in [1.29, 1.82) is 0 Å². The fraction of sp³-hybridized carbons (Fsp3) is 0.667. The Morgan fingerprint density at radius 1 is 1.47 bits per heavy atom. The molecule has 2 unspecified atom stereocenters. The number of Topliss-reactive ketones (excluding diaryl/α,β-unsaturated/α-hetero) is 1. The average Bonchev–Trinajstić information content (AvgIpc) is 2.27. The number of ketones is 1. The van der Waals surface area contributed by atoms with Crippen LogP contribution in [0.5, 0.6) is 0 Å². The second-order valence-corrected chi connectivity index (χ2v) is 5.36. The number of carbonyl (C=O) groups excluding carboxylic acids is 1. The molecule has 0 spiro atoms. The second-order valence-electron chi connectivity index (χ2n) is 5.36. The lowest BCUT2D eigenvalue weighted by molar-refractivity contribution is -0.118. The van der Waals surface area contributed by atoms with Gasteiger partial charge < -0.3 is 4.74 Å². The molecule has 2 nitrogen and oxygen atoms in total. The molecule has 1 heterocycles. The first-order chi connectivity index (χ1) is 8.11. The van der Waals surface area contributed by atoms with Crippen LogP contribution in [-0.4, -0.2) is 11.9 Å². The maximum absolute atomic E-state index is 12.0. The molecule has 2 aliphatic rings. The van der Waals surface area contributed by atoms with Gasteiger partial charge in [0.15, 0.2) is 5.78 Å². The molecule has 2 heteroatoms. The maximum Gasteiger partial charge on any atom is 0.162 e. The van der Waals surface area contributed by atoms with Crippen LogP contribution in [0.1, 0.15) is 52.4 Å². The first-order valence-corrected chi connectivity index (χ1v) is 6.69. The third-order valence-electron chi connectivity index (χ3n) is 3.74. The third kappa shape index (κ3) is 2.62. The number of rotatable bonds is 3.